The third-order valence-corrected chi connectivity index (χ3v) is 5.57. The molecule has 0 fully saturated rings. The van der Waals surface area contributed by atoms with E-state index in [4.69, 9.17) is 0 Å². The van der Waals surface area contributed by atoms with Crippen molar-refractivity contribution in [3.8, 4) is 11.1 Å². The molecule has 0 spiro atoms. The van der Waals surface area contributed by atoms with Gasteiger partial charge in [-0.25, -0.2) is 9.59 Å². The summed E-state index contributed by atoms with van der Waals surface area (Å²) in [5.41, 5.74) is 2.53. The van der Waals surface area contributed by atoms with Gasteiger partial charge in [0.25, 0.3) is 0 Å². The summed E-state index contributed by atoms with van der Waals surface area (Å²) in [5, 5.41) is 21.0. The normalized spacial score (nSPS) is 12.0. The van der Waals surface area contributed by atoms with E-state index in [1.165, 1.54) is 4.90 Å². The van der Waals surface area contributed by atoms with E-state index in [-0.39, 0.29) is 30.4 Å². The van der Waals surface area contributed by atoms with Crippen molar-refractivity contribution in [1.29, 1.82) is 0 Å². The molecule has 0 aliphatic heterocycles. The molecule has 3 aromatic rings. The first-order valence-electron chi connectivity index (χ1n) is 10.6. The van der Waals surface area contributed by atoms with E-state index in [9.17, 15) is 24.6 Å². The quantitative estimate of drug-likeness (QED) is 0.518. The second-order valence-corrected chi connectivity index (χ2v) is 8.15. The molecule has 1 atom stereocenters. The Morgan fingerprint density at radius 2 is 1.56 bits per heavy atom. The molecule has 3 rings (SSSR count). The number of hydrogen-bond acceptors (Lipinski definition) is 3. The Bertz CT molecular complexity index is 1170. The highest BCUT2D eigenvalue weighted by Crippen LogP contribution is 2.28. The smallest absolute Gasteiger partial charge is 0.336 e. The van der Waals surface area contributed by atoms with Gasteiger partial charge < -0.3 is 15.1 Å². The van der Waals surface area contributed by atoms with Crippen LogP contribution < -0.4 is 0 Å². The van der Waals surface area contributed by atoms with Crippen LogP contribution in [0.25, 0.3) is 21.9 Å². The molecule has 0 aliphatic carbocycles. The van der Waals surface area contributed by atoms with Crippen LogP contribution in [0.5, 0.6) is 0 Å². The summed E-state index contributed by atoms with van der Waals surface area (Å²) in [6, 6.07) is 17.4. The van der Waals surface area contributed by atoms with Gasteiger partial charge in [0.1, 0.15) is 6.04 Å². The number of carbonyl (C=O) groups is 3. The van der Waals surface area contributed by atoms with Gasteiger partial charge in [-0.2, -0.15) is 0 Å². The van der Waals surface area contributed by atoms with Gasteiger partial charge in [-0.3, -0.25) is 4.79 Å². The molecule has 0 saturated carbocycles. The topological polar surface area (TPSA) is 94.9 Å². The Hall–Kier alpha value is -3.67. The zero-order chi connectivity index (χ0) is 23.4. The lowest BCUT2D eigenvalue weighted by Crippen LogP contribution is -2.47. The standard InChI is InChI=1S/C26H27NO5/c1-4-23(28)27(24(16(2)3)26(31)32)15-17-9-10-19-14-20(12-11-18(19)13-17)21-7-5-6-8-22(21)25(29)30/h5-14,16,24H,4,15H2,1-3H3,(H,29,30)(H,31,32)/t24-/m0/s1. The summed E-state index contributed by atoms with van der Waals surface area (Å²) in [6.45, 7) is 5.53. The molecule has 0 unspecified atom stereocenters. The maximum Gasteiger partial charge on any atom is 0.336 e. The summed E-state index contributed by atoms with van der Waals surface area (Å²) in [4.78, 5) is 37.3. The fourth-order valence-corrected chi connectivity index (χ4v) is 4.00. The van der Waals surface area contributed by atoms with Crippen LogP contribution in [0.3, 0.4) is 0 Å². The van der Waals surface area contributed by atoms with Crippen molar-refractivity contribution in [3.63, 3.8) is 0 Å². The van der Waals surface area contributed by atoms with Crippen molar-refractivity contribution in [2.75, 3.05) is 0 Å². The number of carboxylic acid groups (broad SMARTS) is 2. The second-order valence-electron chi connectivity index (χ2n) is 8.15. The van der Waals surface area contributed by atoms with E-state index in [1.54, 1.807) is 39.0 Å². The molecule has 0 radical (unpaired) electrons. The summed E-state index contributed by atoms with van der Waals surface area (Å²) >= 11 is 0. The minimum atomic E-state index is -1.01. The first-order valence-corrected chi connectivity index (χ1v) is 10.6. The van der Waals surface area contributed by atoms with E-state index in [0.717, 1.165) is 21.9 Å². The van der Waals surface area contributed by atoms with Crippen LogP contribution in [0.2, 0.25) is 0 Å². The monoisotopic (exact) mass is 433 g/mol. The molecule has 166 valence electrons. The van der Waals surface area contributed by atoms with Crippen molar-refractivity contribution in [2.24, 2.45) is 5.92 Å². The van der Waals surface area contributed by atoms with E-state index in [0.29, 0.717) is 5.56 Å². The summed E-state index contributed by atoms with van der Waals surface area (Å²) in [6.07, 6.45) is 0.233. The molecule has 0 aromatic heterocycles. The van der Waals surface area contributed by atoms with E-state index in [1.807, 2.05) is 42.5 Å². The highest BCUT2D eigenvalue weighted by atomic mass is 16.4. The van der Waals surface area contributed by atoms with Crippen LogP contribution in [0.1, 0.15) is 43.1 Å². The largest absolute Gasteiger partial charge is 0.480 e. The number of aliphatic carboxylic acids is 1. The zero-order valence-corrected chi connectivity index (χ0v) is 18.4. The zero-order valence-electron chi connectivity index (χ0n) is 18.4. The fourth-order valence-electron chi connectivity index (χ4n) is 4.00. The highest BCUT2D eigenvalue weighted by Gasteiger charge is 2.31. The number of carbonyl (C=O) groups excluding carboxylic acids is 1. The number of aromatic carboxylic acids is 1. The molecule has 0 saturated heterocycles. The van der Waals surface area contributed by atoms with E-state index < -0.39 is 18.0 Å². The Labute approximate surface area is 187 Å². The average Bonchev–Trinajstić information content (AvgIpc) is 2.77. The van der Waals surface area contributed by atoms with Gasteiger partial charge in [-0.15, -0.1) is 0 Å². The molecule has 3 aromatic carbocycles. The van der Waals surface area contributed by atoms with Gasteiger partial charge in [0, 0.05) is 13.0 Å². The predicted molar refractivity (Wildman–Crippen MR) is 123 cm³/mol. The van der Waals surface area contributed by atoms with Gasteiger partial charge in [-0.05, 0) is 51.6 Å². The summed E-state index contributed by atoms with van der Waals surface area (Å²) < 4.78 is 0. The van der Waals surface area contributed by atoms with Crippen LogP contribution >= 0.6 is 0 Å². The Morgan fingerprint density at radius 1 is 0.906 bits per heavy atom. The van der Waals surface area contributed by atoms with Gasteiger partial charge in [0.2, 0.25) is 5.91 Å². The van der Waals surface area contributed by atoms with Crippen LogP contribution in [0.4, 0.5) is 0 Å². The molecular formula is C26H27NO5. The molecule has 0 aliphatic rings. The lowest BCUT2D eigenvalue weighted by molar-refractivity contribution is -0.152. The minimum absolute atomic E-state index is 0.202. The summed E-state index contributed by atoms with van der Waals surface area (Å²) in [5.74, 6) is -2.41. The van der Waals surface area contributed by atoms with Crippen LogP contribution in [0, 0.1) is 5.92 Å². The maximum atomic E-state index is 12.5. The van der Waals surface area contributed by atoms with E-state index in [2.05, 4.69) is 0 Å². The van der Waals surface area contributed by atoms with Crippen LogP contribution in [-0.2, 0) is 16.1 Å². The number of amides is 1. The van der Waals surface area contributed by atoms with Gasteiger partial charge in [0.05, 0.1) is 5.56 Å². The highest BCUT2D eigenvalue weighted by molar-refractivity contribution is 5.98. The van der Waals surface area contributed by atoms with Crippen LogP contribution in [-0.4, -0.2) is 39.0 Å². The van der Waals surface area contributed by atoms with E-state index >= 15 is 0 Å². The lowest BCUT2D eigenvalue weighted by Gasteiger charge is -2.31. The summed E-state index contributed by atoms with van der Waals surface area (Å²) in [7, 11) is 0. The van der Waals surface area contributed by atoms with Crippen molar-refractivity contribution >= 4 is 28.6 Å². The minimum Gasteiger partial charge on any atom is -0.480 e. The van der Waals surface area contributed by atoms with Crippen molar-refractivity contribution in [3.05, 3.63) is 71.8 Å². The first-order chi connectivity index (χ1) is 15.2. The first kappa shape index (κ1) is 23.0. The van der Waals surface area contributed by atoms with Crippen LogP contribution in [0.15, 0.2) is 60.7 Å². The number of fused-ring (bicyclic) bond motifs is 1. The Balaban J connectivity index is 1.97. The number of benzene rings is 3. The fraction of sp³-hybridized carbons (Fsp3) is 0.269. The lowest BCUT2D eigenvalue weighted by atomic mass is 9.96. The number of carboxylic acids is 2. The third kappa shape index (κ3) is 4.80. The molecule has 0 bridgehead atoms. The third-order valence-electron chi connectivity index (χ3n) is 5.57. The molecule has 32 heavy (non-hydrogen) atoms. The Kier molecular flexibility index (Phi) is 6.93. The van der Waals surface area contributed by atoms with Crippen molar-refractivity contribution in [1.82, 2.24) is 4.90 Å². The second kappa shape index (κ2) is 9.64. The van der Waals surface area contributed by atoms with Crippen molar-refractivity contribution in [2.45, 2.75) is 39.8 Å². The van der Waals surface area contributed by atoms with Gasteiger partial charge in [-0.1, -0.05) is 63.2 Å². The molecule has 6 nitrogen and oxygen atoms in total. The maximum absolute atomic E-state index is 12.5. The molecule has 6 heteroatoms. The SMILES string of the molecule is CCC(=O)N(Cc1ccc2cc(-c3ccccc3C(=O)O)ccc2c1)[C@H](C(=O)O)C(C)C. The average molecular weight is 434 g/mol. The van der Waals surface area contributed by atoms with Gasteiger partial charge >= 0.3 is 11.9 Å². The molecule has 0 heterocycles. The number of hydrogen-bond donors (Lipinski definition) is 2. The molecule has 2 N–H and O–H groups in total. The predicted octanol–water partition coefficient (Wildman–Crippen LogP) is 5.05. The number of nitrogens with zero attached hydrogens (tertiary/aromatic N) is 1. The van der Waals surface area contributed by atoms with Crippen molar-refractivity contribution < 1.29 is 24.6 Å². The molecular weight excluding hydrogens is 406 g/mol. The number of rotatable bonds is 8. The Morgan fingerprint density at radius 3 is 2.19 bits per heavy atom. The molecule has 1 amide bonds. The van der Waals surface area contributed by atoms with Gasteiger partial charge in [0.15, 0.2) is 0 Å².